The number of nitrogens with zero attached hydrogens (tertiary/aromatic N) is 2. The predicted molar refractivity (Wildman–Crippen MR) is 105 cm³/mol. The fourth-order valence-electron chi connectivity index (χ4n) is 3.34. The third-order valence-corrected chi connectivity index (χ3v) is 4.86. The van der Waals surface area contributed by atoms with Gasteiger partial charge in [-0.15, -0.1) is 0 Å². The van der Waals surface area contributed by atoms with E-state index in [1.807, 2.05) is 43.3 Å². The van der Waals surface area contributed by atoms with Crippen molar-refractivity contribution >= 4 is 22.6 Å². The van der Waals surface area contributed by atoms with Crippen LogP contribution in [0.2, 0.25) is 0 Å². The molecule has 2 amide bonds. The SMILES string of the molecule is Cc1ccc2c(c1)CN(C(=O)Nc1ccc3ccc(=O)n(C)c3c1)CCO2. The van der Waals surface area contributed by atoms with Crippen molar-refractivity contribution in [1.29, 1.82) is 0 Å². The maximum absolute atomic E-state index is 12.8. The van der Waals surface area contributed by atoms with Gasteiger partial charge < -0.3 is 19.5 Å². The van der Waals surface area contributed by atoms with E-state index in [0.29, 0.717) is 25.4 Å². The van der Waals surface area contributed by atoms with Crippen LogP contribution in [-0.2, 0) is 13.6 Å². The molecule has 2 aromatic carbocycles. The molecule has 6 nitrogen and oxygen atoms in total. The molecule has 0 unspecified atom stereocenters. The van der Waals surface area contributed by atoms with Gasteiger partial charge >= 0.3 is 6.03 Å². The molecular weight excluding hydrogens is 342 g/mol. The summed E-state index contributed by atoms with van der Waals surface area (Å²) in [5, 5.41) is 3.89. The van der Waals surface area contributed by atoms with Crippen LogP contribution in [0.5, 0.6) is 5.75 Å². The molecule has 0 aliphatic carbocycles. The first-order valence-electron chi connectivity index (χ1n) is 8.89. The van der Waals surface area contributed by atoms with Gasteiger partial charge in [-0.25, -0.2) is 4.79 Å². The van der Waals surface area contributed by atoms with Crippen LogP contribution in [-0.4, -0.2) is 28.6 Å². The van der Waals surface area contributed by atoms with Crippen LogP contribution >= 0.6 is 0 Å². The molecule has 3 aromatic rings. The van der Waals surface area contributed by atoms with Gasteiger partial charge in [-0.3, -0.25) is 4.79 Å². The molecule has 6 heteroatoms. The number of ether oxygens (including phenoxy) is 1. The minimum absolute atomic E-state index is 0.0809. The molecule has 1 N–H and O–H groups in total. The van der Waals surface area contributed by atoms with Gasteiger partial charge in [0.1, 0.15) is 12.4 Å². The number of carbonyl (C=O) groups is 1. The zero-order valence-corrected chi connectivity index (χ0v) is 15.4. The average Bonchev–Trinajstić information content (AvgIpc) is 2.87. The second-order valence-electron chi connectivity index (χ2n) is 6.82. The summed E-state index contributed by atoms with van der Waals surface area (Å²) in [7, 11) is 1.72. The third-order valence-electron chi connectivity index (χ3n) is 4.86. The number of hydrogen-bond donors (Lipinski definition) is 1. The summed E-state index contributed by atoms with van der Waals surface area (Å²) in [5.41, 5.74) is 3.49. The summed E-state index contributed by atoms with van der Waals surface area (Å²) in [6.07, 6.45) is 0. The van der Waals surface area contributed by atoms with E-state index >= 15 is 0 Å². The Morgan fingerprint density at radius 3 is 2.78 bits per heavy atom. The second-order valence-corrected chi connectivity index (χ2v) is 6.82. The third kappa shape index (κ3) is 3.38. The van der Waals surface area contributed by atoms with Gasteiger partial charge in [-0.2, -0.15) is 0 Å². The van der Waals surface area contributed by atoms with E-state index in [9.17, 15) is 9.59 Å². The van der Waals surface area contributed by atoms with Gasteiger partial charge in [0.2, 0.25) is 0 Å². The Kier molecular flexibility index (Phi) is 4.32. The summed E-state index contributed by atoms with van der Waals surface area (Å²) in [5.74, 6) is 0.830. The number of anilines is 1. The smallest absolute Gasteiger partial charge is 0.322 e. The fourth-order valence-corrected chi connectivity index (χ4v) is 3.34. The molecule has 0 saturated carbocycles. The number of urea groups is 1. The lowest BCUT2D eigenvalue weighted by Crippen LogP contribution is -2.36. The van der Waals surface area contributed by atoms with Crippen molar-refractivity contribution in [3.63, 3.8) is 0 Å². The first kappa shape index (κ1) is 17.1. The highest BCUT2D eigenvalue weighted by atomic mass is 16.5. The Morgan fingerprint density at radius 1 is 1.11 bits per heavy atom. The lowest BCUT2D eigenvalue weighted by atomic mass is 10.1. The number of pyridine rings is 1. The summed E-state index contributed by atoms with van der Waals surface area (Å²) in [6, 6.07) is 14.7. The minimum atomic E-state index is -0.187. The van der Waals surface area contributed by atoms with Crippen LogP contribution in [0.1, 0.15) is 11.1 Å². The Labute approximate surface area is 157 Å². The van der Waals surface area contributed by atoms with E-state index in [0.717, 1.165) is 27.8 Å². The maximum Gasteiger partial charge on any atom is 0.322 e. The van der Waals surface area contributed by atoms with Gasteiger partial charge in [0, 0.05) is 24.4 Å². The molecule has 2 heterocycles. The highest BCUT2D eigenvalue weighted by molar-refractivity contribution is 5.92. The number of aromatic nitrogens is 1. The number of aryl methyl sites for hydroxylation is 2. The highest BCUT2D eigenvalue weighted by Crippen LogP contribution is 2.25. The van der Waals surface area contributed by atoms with E-state index in [1.165, 1.54) is 6.07 Å². The normalized spacial score (nSPS) is 13.6. The van der Waals surface area contributed by atoms with Gasteiger partial charge in [0.15, 0.2) is 0 Å². The zero-order chi connectivity index (χ0) is 19.0. The first-order valence-corrected chi connectivity index (χ1v) is 8.89. The number of nitrogens with one attached hydrogen (secondary N) is 1. The molecule has 27 heavy (non-hydrogen) atoms. The summed E-state index contributed by atoms with van der Waals surface area (Å²) in [6.45, 7) is 3.48. The predicted octanol–water partition coefficient (Wildman–Crippen LogP) is 3.27. The molecule has 138 valence electrons. The molecule has 0 bridgehead atoms. The lowest BCUT2D eigenvalue weighted by Gasteiger charge is -2.21. The summed E-state index contributed by atoms with van der Waals surface area (Å²) >= 11 is 0. The van der Waals surface area contributed by atoms with Crippen molar-refractivity contribution in [2.45, 2.75) is 13.5 Å². The number of rotatable bonds is 1. The van der Waals surface area contributed by atoms with Gasteiger partial charge in [-0.1, -0.05) is 23.8 Å². The Hall–Kier alpha value is -3.28. The van der Waals surface area contributed by atoms with Crippen LogP contribution in [0.15, 0.2) is 53.3 Å². The molecule has 4 rings (SSSR count). The Bertz CT molecular complexity index is 1090. The van der Waals surface area contributed by atoms with Crippen LogP contribution in [0, 0.1) is 6.92 Å². The highest BCUT2D eigenvalue weighted by Gasteiger charge is 2.20. The molecule has 0 spiro atoms. The Balaban J connectivity index is 1.57. The number of fused-ring (bicyclic) bond motifs is 2. The molecular formula is C21H21N3O3. The minimum Gasteiger partial charge on any atom is -0.491 e. The van der Waals surface area contributed by atoms with Crippen LogP contribution in [0.25, 0.3) is 10.9 Å². The van der Waals surface area contributed by atoms with E-state index < -0.39 is 0 Å². The van der Waals surface area contributed by atoms with Crippen LogP contribution in [0.4, 0.5) is 10.5 Å². The molecule has 0 fully saturated rings. The van der Waals surface area contributed by atoms with E-state index in [2.05, 4.69) is 5.32 Å². The zero-order valence-electron chi connectivity index (χ0n) is 15.4. The monoisotopic (exact) mass is 363 g/mol. The van der Waals surface area contributed by atoms with Gasteiger partial charge in [-0.05, 0) is 36.6 Å². The van der Waals surface area contributed by atoms with Crippen LogP contribution in [0.3, 0.4) is 0 Å². The van der Waals surface area contributed by atoms with Crippen molar-refractivity contribution in [3.05, 3.63) is 70.0 Å². The molecule has 0 saturated heterocycles. The Morgan fingerprint density at radius 2 is 1.93 bits per heavy atom. The number of benzene rings is 2. The molecule has 1 aliphatic heterocycles. The van der Waals surface area contributed by atoms with Crippen molar-refractivity contribution in [2.24, 2.45) is 7.05 Å². The average molecular weight is 363 g/mol. The molecule has 0 radical (unpaired) electrons. The summed E-state index contributed by atoms with van der Waals surface area (Å²) < 4.78 is 7.33. The fraction of sp³-hybridized carbons (Fsp3) is 0.238. The topological polar surface area (TPSA) is 63.6 Å². The number of amides is 2. The van der Waals surface area contributed by atoms with E-state index in [4.69, 9.17) is 4.74 Å². The van der Waals surface area contributed by atoms with E-state index in [1.54, 1.807) is 22.6 Å². The first-order chi connectivity index (χ1) is 13.0. The maximum atomic E-state index is 12.8. The lowest BCUT2D eigenvalue weighted by molar-refractivity contribution is 0.200. The van der Waals surface area contributed by atoms with Crippen molar-refractivity contribution < 1.29 is 9.53 Å². The molecule has 0 atom stereocenters. The molecule has 1 aliphatic rings. The second kappa shape index (κ2) is 6.79. The van der Waals surface area contributed by atoms with Crippen molar-refractivity contribution in [1.82, 2.24) is 9.47 Å². The van der Waals surface area contributed by atoms with Crippen molar-refractivity contribution in [2.75, 3.05) is 18.5 Å². The number of carbonyl (C=O) groups excluding carboxylic acids is 1. The van der Waals surface area contributed by atoms with Crippen LogP contribution < -0.4 is 15.6 Å². The largest absolute Gasteiger partial charge is 0.491 e. The standard InChI is InChI=1S/C21H21N3O3/c1-14-3-7-19-16(11-14)13-24(9-10-27-19)21(26)22-17-6-4-15-5-8-20(25)23(2)18(15)12-17/h3-8,11-12H,9-10,13H2,1-2H3,(H,22,26). The quantitative estimate of drug-likeness (QED) is 0.722. The van der Waals surface area contributed by atoms with Gasteiger partial charge in [0.25, 0.3) is 5.56 Å². The van der Waals surface area contributed by atoms with Gasteiger partial charge in [0.05, 0.1) is 18.6 Å². The van der Waals surface area contributed by atoms with E-state index in [-0.39, 0.29) is 11.6 Å². The van der Waals surface area contributed by atoms with Crippen molar-refractivity contribution in [3.8, 4) is 5.75 Å². The molecule has 1 aromatic heterocycles. The number of hydrogen-bond acceptors (Lipinski definition) is 3. The summed E-state index contributed by atoms with van der Waals surface area (Å²) in [4.78, 5) is 26.4.